The van der Waals surface area contributed by atoms with Crippen LogP contribution in [0.3, 0.4) is 0 Å². The van der Waals surface area contributed by atoms with Crippen molar-refractivity contribution in [3.63, 3.8) is 0 Å². The molecular formula is C13H17BrN2O2. The van der Waals surface area contributed by atoms with E-state index < -0.39 is 5.91 Å². The second kappa shape index (κ2) is 5.71. The summed E-state index contributed by atoms with van der Waals surface area (Å²) in [5.41, 5.74) is 11.5. The first-order valence-corrected chi connectivity index (χ1v) is 6.87. The van der Waals surface area contributed by atoms with Crippen LogP contribution >= 0.6 is 15.9 Å². The summed E-state index contributed by atoms with van der Waals surface area (Å²) in [5, 5.41) is 0. The molecule has 0 aliphatic heterocycles. The molecule has 18 heavy (non-hydrogen) atoms. The van der Waals surface area contributed by atoms with Crippen LogP contribution in [0.4, 0.5) is 0 Å². The zero-order chi connectivity index (χ0) is 13.1. The summed E-state index contributed by atoms with van der Waals surface area (Å²) in [7, 11) is 0. The van der Waals surface area contributed by atoms with Crippen LogP contribution in [0, 0.1) is 5.92 Å². The molecule has 0 aromatic heterocycles. The van der Waals surface area contributed by atoms with E-state index in [1.807, 2.05) is 6.07 Å². The number of nitrogens with two attached hydrogens (primary N) is 2. The van der Waals surface area contributed by atoms with E-state index >= 15 is 0 Å². The van der Waals surface area contributed by atoms with Crippen LogP contribution in [-0.2, 0) is 0 Å². The molecule has 1 aliphatic carbocycles. The second-order valence-corrected chi connectivity index (χ2v) is 5.50. The maximum absolute atomic E-state index is 11.4. The monoisotopic (exact) mass is 312 g/mol. The van der Waals surface area contributed by atoms with Gasteiger partial charge >= 0.3 is 0 Å². The summed E-state index contributed by atoms with van der Waals surface area (Å²) in [6, 6.07) is 5.30. The van der Waals surface area contributed by atoms with E-state index in [9.17, 15) is 4.79 Å². The van der Waals surface area contributed by atoms with Crippen molar-refractivity contribution in [2.24, 2.45) is 17.4 Å². The van der Waals surface area contributed by atoms with E-state index in [4.69, 9.17) is 16.2 Å². The van der Waals surface area contributed by atoms with Crippen molar-refractivity contribution in [3.05, 3.63) is 28.2 Å². The fourth-order valence-electron chi connectivity index (χ4n) is 2.39. The molecule has 1 fully saturated rings. The second-order valence-electron chi connectivity index (χ2n) is 4.59. The van der Waals surface area contributed by atoms with Crippen molar-refractivity contribution in [1.82, 2.24) is 0 Å². The molecule has 1 amide bonds. The molecule has 0 radical (unpaired) electrons. The van der Waals surface area contributed by atoms with Crippen molar-refractivity contribution in [3.8, 4) is 5.75 Å². The van der Waals surface area contributed by atoms with Gasteiger partial charge in [-0.1, -0.05) is 15.9 Å². The van der Waals surface area contributed by atoms with Gasteiger partial charge in [0.15, 0.2) is 0 Å². The van der Waals surface area contributed by atoms with Gasteiger partial charge in [-0.15, -0.1) is 0 Å². The van der Waals surface area contributed by atoms with Crippen molar-refractivity contribution in [1.29, 1.82) is 0 Å². The smallest absolute Gasteiger partial charge is 0.252 e. The zero-order valence-corrected chi connectivity index (χ0v) is 11.7. The molecule has 4 nitrogen and oxygen atoms in total. The van der Waals surface area contributed by atoms with Gasteiger partial charge in [0.05, 0.1) is 5.56 Å². The number of hydrogen-bond donors (Lipinski definition) is 2. The van der Waals surface area contributed by atoms with E-state index in [1.54, 1.807) is 12.1 Å². The van der Waals surface area contributed by atoms with Gasteiger partial charge in [0.1, 0.15) is 11.9 Å². The highest BCUT2D eigenvalue weighted by molar-refractivity contribution is 9.10. The number of carbonyl (C=O) groups is 1. The summed E-state index contributed by atoms with van der Waals surface area (Å²) in [5.74, 6) is 0.444. The summed E-state index contributed by atoms with van der Waals surface area (Å²) in [6.07, 6.45) is 3.28. The lowest BCUT2D eigenvalue weighted by atomic mass is 10.1. The lowest BCUT2D eigenvalue weighted by Gasteiger charge is -2.21. The molecule has 4 N–H and O–H groups in total. The van der Waals surface area contributed by atoms with E-state index in [0.29, 0.717) is 23.8 Å². The first-order chi connectivity index (χ1) is 8.61. The SMILES string of the molecule is NCC1CCCC1Oc1ccc(Br)cc1C(N)=O. The Balaban J connectivity index is 2.20. The number of hydrogen-bond acceptors (Lipinski definition) is 3. The lowest BCUT2D eigenvalue weighted by molar-refractivity contribution is 0.0989. The average Bonchev–Trinajstić information content (AvgIpc) is 2.78. The maximum atomic E-state index is 11.4. The molecule has 0 spiro atoms. The molecule has 0 saturated heterocycles. The molecule has 1 saturated carbocycles. The molecule has 1 aromatic carbocycles. The first kappa shape index (κ1) is 13.4. The molecule has 98 valence electrons. The predicted molar refractivity (Wildman–Crippen MR) is 73.5 cm³/mol. The Morgan fingerprint density at radius 1 is 1.44 bits per heavy atom. The lowest BCUT2D eigenvalue weighted by Crippen LogP contribution is -2.28. The number of carbonyl (C=O) groups excluding carboxylic acids is 1. The molecule has 5 heteroatoms. The Labute approximate surface area is 115 Å². The quantitative estimate of drug-likeness (QED) is 0.893. The standard InChI is InChI=1S/C13H17BrN2O2/c14-9-4-5-12(10(6-9)13(16)17)18-11-3-1-2-8(11)7-15/h4-6,8,11H,1-3,7,15H2,(H2,16,17). The van der Waals surface area contributed by atoms with Gasteiger partial charge < -0.3 is 16.2 Å². The third kappa shape index (κ3) is 2.84. The van der Waals surface area contributed by atoms with Gasteiger partial charge in [-0.25, -0.2) is 0 Å². The minimum atomic E-state index is -0.478. The topological polar surface area (TPSA) is 78.3 Å². The van der Waals surface area contributed by atoms with Crippen LogP contribution in [-0.4, -0.2) is 18.6 Å². The normalized spacial score (nSPS) is 23.0. The molecule has 1 aromatic rings. The number of ether oxygens (including phenoxy) is 1. The Hall–Kier alpha value is -1.07. The van der Waals surface area contributed by atoms with Gasteiger partial charge in [-0.05, 0) is 44.0 Å². The average molecular weight is 313 g/mol. The van der Waals surface area contributed by atoms with Crippen LogP contribution in [0.5, 0.6) is 5.75 Å². The van der Waals surface area contributed by atoms with Crippen LogP contribution < -0.4 is 16.2 Å². The molecule has 0 bridgehead atoms. The Kier molecular flexibility index (Phi) is 4.24. The van der Waals surface area contributed by atoms with Gasteiger partial charge in [0, 0.05) is 10.4 Å². The van der Waals surface area contributed by atoms with Crippen molar-refractivity contribution in [2.45, 2.75) is 25.4 Å². The summed E-state index contributed by atoms with van der Waals surface area (Å²) in [6.45, 7) is 0.618. The third-order valence-corrected chi connectivity index (χ3v) is 3.87. The number of rotatable bonds is 4. The van der Waals surface area contributed by atoms with Gasteiger partial charge in [0.25, 0.3) is 5.91 Å². The highest BCUT2D eigenvalue weighted by atomic mass is 79.9. The molecule has 2 rings (SSSR count). The Morgan fingerprint density at radius 3 is 2.89 bits per heavy atom. The van der Waals surface area contributed by atoms with Crippen LogP contribution in [0.15, 0.2) is 22.7 Å². The number of amides is 1. The molecule has 1 aliphatic rings. The highest BCUT2D eigenvalue weighted by Crippen LogP contribution is 2.31. The predicted octanol–water partition coefficient (Wildman–Crippen LogP) is 2.05. The fraction of sp³-hybridized carbons (Fsp3) is 0.462. The van der Waals surface area contributed by atoms with Gasteiger partial charge in [0.2, 0.25) is 0 Å². The van der Waals surface area contributed by atoms with Crippen LogP contribution in [0.2, 0.25) is 0 Å². The highest BCUT2D eigenvalue weighted by Gasteiger charge is 2.28. The van der Waals surface area contributed by atoms with E-state index in [-0.39, 0.29) is 6.10 Å². The van der Waals surface area contributed by atoms with E-state index in [0.717, 1.165) is 23.7 Å². The maximum Gasteiger partial charge on any atom is 0.252 e. The molecule has 2 unspecified atom stereocenters. The fourth-order valence-corrected chi connectivity index (χ4v) is 2.75. The molecule has 0 heterocycles. The Bertz CT molecular complexity index is 451. The Morgan fingerprint density at radius 2 is 2.22 bits per heavy atom. The molecule has 2 atom stereocenters. The minimum absolute atomic E-state index is 0.0919. The van der Waals surface area contributed by atoms with Gasteiger partial charge in [-0.2, -0.15) is 0 Å². The third-order valence-electron chi connectivity index (χ3n) is 3.38. The van der Waals surface area contributed by atoms with Crippen molar-refractivity contribution < 1.29 is 9.53 Å². The molecular weight excluding hydrogens is 296 g/mol. The van der Waals surface area contributed by atoms with Gasteiger partial charge in [-0.3, -0.25) is 4.79 Å². The number of benzene rings is 1. The zero-order valence-electron chi connectivity index (χ0n) is 10.1. The largest absolute Gasteiger partial charge is 0.489 e. The van der Waals surface area contributed by atoms with E-state index in [1.165, 1.54) is 0 Å². The van der Waals surface area contributed by atoms with Crippen LogP contribution in [0.1, 0.15) is 29.6 Å². The number of primary amides is 1. The van der Waals surface area contributed by atoms with Crippen molar-refractivity contribution in [2.75, 3.05) is 6.54 Å². The van der Waals surface area contributed by atoms with E-state index in [2.05, 4.69) is 15.9 Å². The minimum Gasteiger partial charge on any atom is -0.489 e. The van der Waals surface area contributed by atoms with Crippen LogP contribution in [0.25, 0.3) is 0 Å². The number of halogens is 1. The summed E-state index contributed by atoms with van der Waals surface area (Å²) >= 11 is 3.32. The first-order valence-electron chi connectivity index (χ1n) is 6.08. The summed E-state index contributed by atoms with van der Waals surface area (Å²) in [4.78, 5) is 11.4. The summed E-state index contributed by atoms with van der Waals surface area (Å²) < 4.78 is 6.74. The van der Waals surface area contributed by atoms with Crippen molar-refractivity contribution >= 4 is 21.8 Å².